The summed E-state index contributed by atoms with van der Waals surface area (Å²) in [5.74, 6) is 0.444. The second kappa shape index (κ2) is 9.16. The number of hydrogen-bond donors (Lipinski definition) is 2. The van der Waals surface area contributed by atoms with Crippen LogP contribution in [-0.2, 0) is 5.41 Å². The van der Waals surface area contributed by atoms with Crippen LogP contribution < -0.4 is 32.1 Å². The van der Waals surface area contributed by atoms with E-state index in [0.29, 0.717) is 22.6 Å². The number of hydrogen-bond acceptors (Lipinski definition) is 3. The van der Waals surface area contributed by atoms with Crippen LogP contribution in [0.1, 0.15) is 27.8 Å². The van der Waals surface area contributed by atoms with Gasteiger partial charge in [-0.05, 0) is 68.7 Å². The topological polar surface area (TPSA) is 49.7 Å². The first kappa shape index (κ1) is 26.9. The normalized spacial score (nSPS) is 13.7. The van der Waals surface area contributed by atoms with Crippen LogP contribution in [-0.4, -0.2) is 49.4 Å². The maximum Gasteiger partial charge on any atom is 0.140 e. The molecule has 1 heterocycles. The quantitative estimate of drug-likeness (QED) is 0.308. The SMILES string of the molecule is [B]c1c(O)c([B])c2c(O)c([B])c(-c3cc(C)cc4c3Oc3ccccc3C43c4ccccc4-c4ccccc43)c([B])c2c1[B]. The molecular formula is C36H19B5O3. The zero-order valence-electron chi connectivity index (χ0n) is 23.8. The maximum atomic E-state index is 11.4. The van der Waals surface area contributed by atoms with Crippen molar-refractivity contribution in [2.75, 3.05) is 0 Å². The highest BCUT2D eigenvalue weighted by Crippen LogP contribution is 2.63. The number of aryl methyl sites for hydroxylation is 1. The van der Waals surface area contributed by atoms with Crippen LogP contribution >= 0.6 is 0 Å². The van der Waals surface area contributed by atoms with Crippen LogP contribution in [0.2, 0.25) is 0 Å². The summed E-state index contributed by atoms with van der Waals surface area (Å²) in [5, 5.41) is 22.2. The molecule has 44 heavy (non-hydrogen) atoms. The van der Waals surface area contributed by atoms with E-state index in [4.69, 9.17) is 44.0 Å². The lowest BCUT2D eigenvalue weighted by molar-refractivity contribution is 0.438. The van der Waals surface area contributed by atoms with Gasteiger partial charge in [0.25, 0.3) is 0 Å². The summed E-state index contributed by atoms with van der Waals surface area (Å²) in [7, 11) is 32.2. The van der Waals surface area contributed by atoms with Gasteiger partial charge >= 0.3 is 0 Å². The summed E-state index contributed by atoms with van der Waals surface area (Å²) in [6.07, 6.45) is 0. The van der Waals surface area contributed by atoms with E-state index < -0.39 is 11.2 Å². The molecular weight excluding hydrogens is 534 g/mol. The predicted octanol–water partition coefficient (Wildman–Crippen LogP) is 2.66. The zero-order chi connectivity index (χ0) is 30.7. The fourth-order valence-corrected chi connectivity index (χ4v) is 7.42. The number of ether oxygens (including phenoxy) is 1. The van der Waals surface area contributed by atoms with E-state index in [1.54, 1.807) is 0 Å². The number of fused-ring (bicyclic) bond motifs is 10. The molecule has 1 aliphatic carbocycles. The fraction of sp³-hybridized carbons (Fsp3) is 0.0556. The van der Waals surface area contributed by atoms with Crippen LogP contribution in [0.3, 0.4) is 0 Å². The molecule has 3 nitrogen and oxygen atoms in total. The Labute approximate surface area is 262 Å². The maximum absolute atomic E-state index is 11.4. The molecule has 0 bridgehead atoms. The van der Waals surface area contributed by atoms with Gasteiger partial charge in [0.05, 0.1) is 5.41 Å². The van der Waals surface area contributed by atoms with Crippen LogP contribution in [0.4, 0.5) is 0 Å². The Morgan fingerprint density at radius 3 is 1.80 bits per heavy atom. The molecule has 6 aromatic rings. The molecule has 1 spiro atoms. The summed E-state index contributed by atoms with van der Waals surface area (Å²) in [6, 6.07) is 29.0. The molecule has 0 saturated heterocycles. The third-order valence-electron chi connectivity index (χ3n) is 9.25. The van der Waals surface area contributed by atoms with Gasteiger partial charge < -0.3 is 14.9 Å². The Morgan fingerprint density at radius 1 is 0.545 bits per heavy atom. The van der Waals surface area contributed by atoms with Crippen molar-refractivity contribution in [1.82, 2.24) is 0 Å². The van der Waals surface area contributed by atoms with Crippen molar-refractivity contribution >= 4 is 77.3 Å². The summed E-state index contributed by atoms with van der Waals surface area (Å²) in [5.41, 5.74) is 7.46. The number of benzene rings is 6. The smallest absolute Gasteiger partial charge is 0.140 e. The second-order valence-corrected chi connectivity index (χ2v) is 11.5. The highest BCUT2D eigenvalue weighted by Gasteiger charge is 2.51. The van der Waals surface area contributed by atoms with Gasteiger partial charge in [0, 0.05) is 22.1 Å². The number of phenolic OH excluding ortho intramolecular Hbond substituents is 2. The first-order valence-corrected chi connectivity index (χ1v) is 14.2. The van der Waals surface area contributed by atoms with Crippen molar-refractivity contribution in [3.63, 3.8) is 0 Å². The lowest BCUT2D eigenvalue weighted by atomic mass is 9.63. The third-order valence-corrected chi connectivity index (χ3v) is 9.25. The van der Waals surface area contributed by atoms with Crippen molar-refractivity contribution < 1.29 is 14.9 Å². The van der Waals surface area contributed by atoms with E-state index in [9.17, 15) is 10.2 Å². The molecule has 0 fully saturated rings. The standard InChI is InChI=1S/C36H19B5O3/c1-16-14-19(25-28(37)26-27(33(42)30(25)39)31(40)34(43)32(41)29(26)38)35-23(15-16)36(22-12-6-7-13-24(22)44-35)20-10-4-2-8-17(20)18-9-3-5-11-21(18)36/h2-15,42-43H,1H3. The Kier molecular flexibility index (Phi) is 5.60. The minimum absolute atomic E-state index is 0.0105. The van der Waals surface area contributed by atoms with Crippen molar-refractivity contribution in [3.8, 4) is 45.3 Å². The highest BCUT2D eigenvalue weighted by molar-refractivity contribution is 6.63. The van der Waals surface area contributed by atoms with Crippen molar-refractivity contribution in [3.05, 3.63) is 113 Å². The van der Waals surface area contributed by atoms with Crippen LogP contribution in [0.15, 0.2) is 84.9 Å². The first-order valence-electron chi connectivity index (χ1n) is 14.2. The van der Waals surface area contributed by atoms with Gasteiger partial charge in [-0.1, -0.05) is 89.2 Å². The molecule has 0 amide bonds. The summed E-state index contributed by atoms with van der Waals surface area (Å²) >= 11 is 0. The lowest BCUT2D eigenvalue weighted by Gasteiger charge is -2.40. The van der Waals surface area contributed by atoms with Gasteiger partial charge in [-0.25, -0.2) is 0 Å². The molecule has 0 atom stereocenters. The molecule has 0 aromatic heterocycles. The van der Waals surface area contributed by atoms with Crippen molar-refractivity contribution in [2.45, 2.75) is 12.3 Å². The largest absolute Gasteiger partial charge is 0.509 e. The predicted molar refractivity (Wildman–Crippen MR) is 182 cm³/mol. The molecule has 2 N–H and O–H groups in total. The second-order valence-electron chi connectivity index (χ2n) is 11.5. The van der Waals surface area contributed by atoms with E-state index in [2.05, 4.69) is 60.7 Å². The Balaban J connectivity index is 1.55. The number of aromatic hydroxyl groups is 2. The summed E-state index contributed by atoms with van der Waals surface area (Å²) in [4.78, 5) is 0. The fourth-order valence-electron chi connectivity index (χ4n) is 7.42. The average Bonchev–Trinajstić information content (AvgIpc) is 3.32. The molecule has 1 aliphatic heterocycles. The molecule has 6 aromatic carbocycles. The van der Waals surface area contributed by atoms with Crippen LogP contribution in [0.25, 0.3) is 33.0 Å². The van der Waals surface area contributed by atoms with Gasteiger partial charge in [-0.2, -0.15) is 0 Å². The Bertz CT molecular complexity index is 2210. The van der Waals surface area contributed by atoms with Crippen molar-refractivity contribution in [1.29, 1.82) is 0 Å². The van der Waals surface area contributed by atoms with E-state index >= 15 is 0 Å². The average molecular weight is 554 g/mol. The molecule has 196 valence electrons. The Morgan fingerprint density at radius 2 is 1.14 bits per heavy atom. The van der Waals surface area contributed by atoms with Crippen molar-refractivity contribution in [2.24, 2.45) is 0 Å². The number of para-hydroxylation sites is 1. The monoisotopic (exact) mass is 554 g/mol. The molecule has 10 radical (unpaired) electrons. The lowest BCUT2D eigenvalue weighted by Crippen LogP contribution is -2.37. The zero-order valence-corrected chi connectivity index (χ0v) is 23.8. The van der Waals surface area contributed by atoms with Gasteiger partial charge in [0.2, 0.25) is 0 Å². The van der Waals surface area contributed by atoms with Gasteiger partial charge in [0.1, 0.15) is 62.2 Å². The molecule has 8 rings (SSSR count). The summed E-state index contributed by atoms with van der Waals surface area (Å²) < 4.78 is 6.78. The Hall–Kier alpha value is -4.70. The minimum Gasteiger partial charge on any atom is -0.509 e. The van der Waals surface area contributed by atoms with E-state index in [0.717, 1.165) is 38.9 Å². The van der Waals surface area contributed by atoms with Gasteiger partial charge in [0.15, 0.2) is 0 Å². The number of phenols is 2. The van der Waals surface area contributed by atoms with E-state index in [1.807, 2.05) is 31.2 Å². The molecule has 0 saturated carbocycles. The first-order chi connectivity index (χ1) is 21.2. The third kappa shape index (κ3) is 3.18. The molecule has 2 aliphatic rings. The summed E-state index contributed by atoms with van der Waals surface area (Å²) in [6.45, 7) is 2.00. The highest BCUT2D eigenvalue weighted by atomic mass is 16.5. The van der Waals surface area contributed by atoms with Gasteiger partial charge in [-0.15, -0.1) is 0 Å². The van der Waals surface area contributed by atoms with Gasteiger partial charge in [-0.3, -0.25) is 0 Å². The number of rotatable bonds is 1. The molecule has 0 unspecified atom stereocenters. The van der Waals surface area contributed by atoms with E-state index in [-0.39, 0.29) is 43.8 Å². The minimum atomic E-state index is -0.708. The van der Waals surface area contributed by atoms with E-state index in [1.165, 1.54) is 0 Å². The molecule has 8 heteroatoms. The van der Waals surface area contributed by atoms with Crippen LogP contribution in [0, 0.1) is 6.92 Å². The van der Waals surface area contributed by atoms with Crippen LogP contribution in [0.5, 0.6) is 23.0 Å².